The summed E-state index contributed by atoms with van der Waals surface area (Å²) in [7, 11) is 0. The molecule has 61 heavy (non-hydrogen) atoms. The van der Waals surface area contributed by atoms with Gasteiger partial charge in [0, 0.05) is 62.4 Å². The van der Waals surface area contributed by atoms with Crippen LogP contribution in [-0.4, -0.2) is 88.4 Å². The van der Waals surface area contributed by atoms with Crippen molar-refractivity contribution in [3.8, 4) is 36.4 Å². The third kappa shape index (κ3) is 11.3. The van der Waals surface area contributed by atoms with E-state index >= 15 is 0 Å². The van der Waals surface area contributed by atoms with Crippen LogP contribution in [0.2, 0.25) is 0 Å². The zero-order valence-corrected chi connectivity index (χ0v) is 34.9. The van der Waals surface area contributed by atoms with Crippen molar-refractivity contribution >= 4 is 65.2 Å². The SMILES string of the molecule is C=c1oc(=C(C#N)C#N)c(C#N)c1/C=C/c1ccc(/C=C/C(/C=C/c2ccc(/C=C/C3=C(C#N)C(=C(C#N)C#N)OC3(C)C)s2)=C(N(CCO)CCO)N(CCO)CCO)s1. The van der Waals surface area contributed by atoms with Gasteiger partial charge in [-0.05, 0) is 80.6 Å². The van der Waals surface area contributed by atoms with Gasteiger partial charge in [0.15, 0.2) is 22.3 Å². The zero-order chi connectivity index (χ0) is 44.5. The first kappa shape index (κ1) is 46.5. The van der Waals surface area contributed by atoms with Gasteiger partial charge in [-0.15, -0.1) is 22.7 Å². The number of thiophene rings is 2. The molecule has 0 fully saturated rings. The highest BCUT2D eigenvalue weighted by molar-refractivity contribution is 7.14. The number of hydrogen-bond acceptors (Lipinski definition) is 16. The van der Waals surface area contributed by atoms with Gasteiger partial charge in [0.25, 0.3) is 0 Å². The fourth-order valence-electron chi connectivity index (χ4n) is 6.23. The molecule has 0 aromatic carbocycles. The highest BCUT2D eigenvalue weighted by atomic mass is 32.1. The molecule has 0 aliphatic carbocycles. The van der Waals surface area contributed by atoms with Gasteiger partial charge in [0.2, 0.25) is 0 Å². The molecule has 4 N–H and O–H groups in total. The van der Waals surface area contributed by atoms with Crippen LogP contribution < -0.4 is 10.8 Å². The van der Waals surface area contributed by atoms with Crippen LogP contribution in [0.15, 0.2) is 80.8 Å². The van der Waals surface area contributed by atoms with Crippen LogP contribution in [0.4, 0.5) is 0 Å². The Morgan fingerprint density at radius 1 is 0.672 bits per heavy atom. The van der Waals surface area contributed by atoms with Crippen LogP contribution in [-0.2, 0) is 4.74 Å². The maximum Gasteiger partial charge on any atom is 0.174 e. The van der Waals surface area contributed by atoms with Gasteiger partial charge in [-0.25, -0.2) is 0 Å². The summed E-state index contributed by atoms with van der Waals surface area (Å²) >= 11 is 2.86. The predicted molar refractivity (Wildman–Crippen MR) is 232 cm³/mol. The van der Waals surface area contributed by atoms with Gasteiger partial charge in [0.05, 0.1) is 26.4 Å². The van der Waals surface area contributed by atoms with Gasteiger partial charge < -0.3 is 39.4 Å². The van der Waals surface area contributed by atoms with E-state index in [0.717, 1.165) is 19.5 Å². The standard InChI is InChI=1S/C45H40N8O6S2/c1-30-38(39(28-50)42(58-30)32(24-46)25-47)14-12-36-10-8-34(60-36)6-4-31(44(52(16-20-54)17-21-55)53(18-22-56)19-23-57)5-7-35-9-11-37(61-35)13-15-41-40(29-51)43(33(26-48)27-49)59-45(41,2)3/h4-15,54-57H,1,16-23H2,2-3H3/b6-4+,7-5+,14-12+,15-13+. The van der Waals surface area contributed by atoms with E-state index in [1.165, 1.54) is 22.7 Å². The van der Waals surface area contributed by atoms with E-state index in [1.54, 1.807) is 66.2 Å². The molecule has 0 amide bonds. The molecule has 16 heteroatoms. The Bertz CT molecular complexity index is 2660. The first-order valence-corrected chi connectivity index (χ1v) is 20.2. The van der Waals surface area contributed by atoms with E-state index in [-0.39, 0.29) is 91.5 Å². The minimum Gasteiger partial charge on any atom is -0.480 e. The molecule has 1 aliphatic rings. The molecule has 4 heterocycles. The predicted octanol–water partition coefficient (Wildman–Crippen LogP) is 4.51. The van der Waals surface area contributed by atoms with Crippen molar-refractivity contribution in [2.45, 2.75) is 19.4 Å². The zero-order valence-electron chi connectivity index (χ0n) is 33.3. The van der Waals surface area contributed by atoms with Crippen molar-refractivity contribution in [2.24, 2.45) is 0 Å². The fraction of sp³-hybridized carbons (Fsp3) is 0.244. The van der Waals surface area contributed by atoms with E-state index in [9.17, 15) is 52.0 Å². The molecule has 1 aliphatic heterocycles. The number of rotatable bonds is 18. The molecule has 0 spiro atoms. The molecule has 4 rings (SSSR count). The summed E-state index contributed by atoms with van der Waals surface area (Å²) in [6.45, 7) is 6.97. The Balaban J connectivity index is 1.78. The Hall–Kier alpha value is -7.22. The summed E-state index contributed by atoms with van der Waals surface area (Å²) in [6, 6.07) is 18.7. The molecule has 0 atom stereocenters. The topological polar surface area (TPSA) is 253 Å². The van der Waals surface area contributed by atoms with Crippen molar-refractivity contribution in [3.05, 3.63) is 118 Å². The fourth-order valence-corrected chi connectivity index (χ4v) is 7.87. The number of ether oxygens (including phenoxy) is 1. The third-order valence-electron chi connectivity index (χ3n) is 8.96. The van der Waals surface area contributed by atoms with Crippen molar-refractivity contribution in [1.82, 2.24) is 9.80 Å². The van der Waals surface area contributed by atoms with Gasteiger partial charge in [-0.1, -0.05) is 12.7 Å². The second-order valence-corrected chi connectivity index (χ2v) is 15.5. The first-order valence-electron chi connectivity index (χ1n) is 18.5. The molecule has 0 saturated carbocycles. The van der Waals surface area contributed by atoms with Crippen LogP contribution in [0.3, 0.4) is 0 Å². The molecular weight excluding hydrogens is 813 g/mol. The number of aliphatic hydroxyl groups excluding tert-OH is 4. The highest BCUT2D eigenvalue weighted by Gasteiger charge is 2.38. The number of aliphatic hydroxyl groups is 4. The average Bonchev–Trinajstić information content (AvgIpc) is 4.03. The van der Waals surface area contributed by atoms with Crippen LogP contribution in [0.5, 0.6) is 0 Å². The maximum atomic E-state index is 10.0. The Morgan fingerprint density at radius 3 is 1.56 bits per heavy atom. The van der Waals surface area contributed by atoms with Gasteiger partial charge >= 0.3 is 0 Å². The second-order valence-electron chi connectivity index (χ2n) is 13.3. The molecule has 0 bridgehead atoms. The molecule has 0 radical (unpaired) electrons. The molecule has 0 unspecified atom stereocenters. The minimum absolute atomic E-state index is 0.0284. The van der Waals surface area contributed by atoms with E-state index in [0.29, 0.717) is 22.5 Å². The van der Waals surface area contributed by atoms with E-state index in [2.05, 4.69) is 12.6 Å². The van der Waals surface area contributed by atoms with Crippen LogP contribution in [0.1, 0.15) is 44.5 Å². The highest BCUT2D eigenvalue weighted by Crippen LogP contribution is 2.40. The first-order chi connectivity index (χ1) is 29.5. The number of nitriles is 6. The lowest BCUT2D eigenvalue weighted by Gasteiger charge is -2.36. The van der Waals surface area contributed by atoms with Gasteiger partial charge in [0.1, 0.15) is 64.4 Å². The van der Waals surface area contributed by atoms with Crippen LogP contribution >= 0.6 is 22.7 Å². The van der Waals surface area contributed by atoms with Crippen molar-refractivity contribution in [3.63, 3.8) is 0 Å². The summed E-state index contributed by atoms with van der Waals surface area (Å²) in [6.07, 6.45) is 14.4. The van der Waals surface area contributed by atoms with Gasteiger partial charge in [-0.3, -0.25) is 0 Å². The van der Waals surface area contributed by atoms with Crippen molar-refractivity contribution in [2.75, 3.05) is 52.6 Å². The average molecular weight is 853 g/mol. The largest absolute Gasteiger partial charge is 0.480 e. The molecule has 0 saturated heterocycles. The van der Waals surface area contributed by atoms with Crippen molar-refractivity contribution < 1.29 is 29.6 Å². The van der Waals surface area contributed by atoms with E-state index in [1.807, 2.05) is 60.7 Å². The monoisotopic (exact) mass is 852 g/mol. The summed E-state index contributed by atoms with van der Waals surface area (Å²) < 4.78 is 11.4. The van der Waals surface area contributed by atoms with Crippen LogP contribution in [0, 0.1) is 68.0 Å². The summed E-state index contributed by atoms with van der Waals surface area (Å²) in [5.74, 6) is 0.508. The molecule has 308 valence electrons. The van der Waals surface area contributed by atoms with Crippen molar-refractivity contribution in [1.29, 1.82) is 31.6 Å². The lowest BCUT2D eigenvalue weighted by molar-refractivity contribution is 0.0954. The van der Waals surface area contributed by atoms with E-state index < -0.39 is 5.60 Å². The maximum absolute atomic E-state index is 10.0. The summed E-state index contributed by atoms with van der Waals surface area (Å²) in [5.41, 5.74) is 0.0496. The van der Waals surface area contributed by atoms with E-state index in [4.69, 9.17) is 9.15 Å². The lowest BCUT2D eigenvalue weighted by Crippen LogP contribution is -2.41. The third-order valence-corrected chi connectivity index (χ3v) is 11.0. The Labute approximate surface area is 361 Å². The Morgan fingerprint density at radius 2 is 1.13 bits per heavy atom. The quantitative estimate of drug-likeness (QED) is 0.102. The summed E-state index contributed by atoms with van der Waals surface area (Å²) in [4.78, 5) is 6.86. The normalized spacial score (nSPS) is 13.1. The number of nitrogens with zero attached hydrogens (tertiary/aromatic N) is 8. The molecule has 3 aromatic rings. The van der Waals surface area contributed by atoms with Gasteiger partial charge in [-0.2, -0.15) is 31.6 Å². The molecule has 14 nitrogen and oxygen atoms in total. The Kier molecular flexibility index (Phi) is 16.9. The number of allylic oxidation sites excluding steroid dienone is 5. The number of furan rings is 1. The smallest absolute Gasteiger partial charge is 0.174 e. The van der Waals surface area contributed by atoms with Crippen LogP contribution in [0.25, 0.3) is 42.5 Å². The molecule has 3 aromatic heterocycles. The summed E-state index contributed by atoms with van der Waals surface area (Å²) in [5, 5.41) is 97.2. The molecular formula is C45H40N8O6S2. The minimum atomic E-state index is -0.968. The number of hydrogen-bond donors (Lipinski definition) is 4. The second kappa shape index (κ2) is 22.2. The lowest BCUT2D eigenvalue weighted by atomic mass is 9.94.